The minimum absolute atomic E-state index is 0.106. The third-order valence-electron chi connectivity index (χ3n) is 9.70. The topological polar surface area (TPSA) is 148 Å². The van der Waals surface area contributed by atoms with Crippen LogP contribution in [0.3, 0.4) is 0 Å². The molecule has 0 aromatic heterocycles. The summed E-state index contributed by atoms with van der Waals surface area (Å²) < 4.78 is 67.4. The normalized spacial score (nSPS) is 17.4. The lowest BCUT2D eigenvalue weighted by Crippen LogP contribution is -2.34. The Morgan fingerprint density at radius 1 is 0.500 bits per heavy atom. The molecule has 0 radical (unpaired) electrons. The van der Waals surface area contributed by atoms with E-state index in [0.29, 0.717) is 46.2 Å². The van der Waals surface area contributed by atoms with E-state index in [9.17, 15) is 5.11 Å². The lowest BCUT2D eigenvalue weighted by molar-refractivity contribution is -0.149. The molecule has 0 spiro atoms. The molecule has 0 aliphatic carbocycles. The molecular weight excluding hydrogens is 795 g/mol. The summed E-state index contributed by atoms with van der Waals surface area (Å²) in [7, 11) is 0. The predicted molar refractivity (Wildman–Crippen MR) is 234 cm³/mol. The second kappa shape index (κ2) is 28.9. The van der Waals surface area contributed by atoms with Crippen molar-refractivity contribution in [2.24, 2.45) is 5.73 Å². The quantitative estimate of drug-likeness (QED) is 0.0588. The van der Waals surface area contributed by atoms with Gasteiger partial charge in [-0.1, -0.05) is 121 Å². The van der Waals surface area contributed by atoms with Crippen molar-refractivity contribution in [1.82, 2.24) is 0 Å². The van der Waals surface area contributed by atoms with Crippen molar-refractivity contribution in [3.05, 3.63) is 144 Å². The first-order valence-electron chi connectivity index (χ1n) is 21.5. The summed E-state index contributed by atoms with van der Waals surface area (Å²) in [5, 5.41) is 9.92. The van der Waals surface area contributed by atoms with Crippen molar-refractivity contribution >= 4 is 0 Å². The van der Waals surface area contributed by atoms with Crippen molar-refractivity contribution in [1.29, 1.82) is 0 Å². The van der Waals surface area contributed by atoms with Crippen LogP contribution in [0.25, 0.3) is 0 Å². The molecule has 1 heterocycles. The highest BCUT2D eigenvalue weighted by molar-refractivity contribution is 5.15. The highest BCUT2D eigenvalue weighted by atomic mass is 16.7. The van der Waals surface area contributed by atoms with Crippen molar-refractivity contribution in [3.63, 3.8) is 0 Å². The molecule has 1 aliphatic heterocycles. The summed E-state index contributed by atoms with van der Waals surface area (Å²) in [5.74, 6) is -0.620. The van der Waals surface area contributed by atoms with Crippen molar-refractivity contribution in [2.45, 2.75) is 82.7 Å². The Labute approximate surface area is 367 Å². The van der Waals surface area contributed by atoms with Gasteiger partial charge in [0.25, 0.3) is 0 Å². The molecule has 62 heavy (non-hydrogen) atoms. The number of rotatable bonds is 33. The summed E-state index contributed by atoms with van der Waals surface area (Å²) in [6.07, 6.45) is -2.45. The fraction of sp³-hybridized carbons (Fsp3) is 0.510. The van der Waals surface area contributed by atoms with Gasteiger partial charge in [-0.3, -0.25) is 0 Å². The first kappa shape index (κ1) is 49.4. The molecule has 1 aliphatic rings. The van der Waals surface area contributed by atoms with E-state index in [1.807, 2.05) is 135 Å². The first-order chi connectivity index (χ1) is 30.3. The van der Waals surface area contributed by atoms with Crippen LogP contribution >= 0.6 is 0 Å². The van der Waals surface area contributed by atoms with Gasteiger partial charge in [0, 0.05) is 6.54 Å². The van der Waals surface area contributed by atoms with E-state index in [1.54, 1.807) is 0 Å². The maximum absolute atomic E-state index is 9.92. The Morgan fingerprint density at radius 2 is 0.806 bits per heavy atom. The molecule has 13 nitrogen and oxygen atoms in total. The summed E-state index contributed by atoms with van der Waals surface area (Å²) >= 11 is 0. The van der Waals surface area contributed by atoms with Gasteiger partial charge in [0.1, 0.15) is 30.5 Å². The van der Waals surface area contributed by atoms with Crippen LogP contribution in [0, 0.1) is 0 Å². The maximum Gasteiger partial charge on any atom is 0.163 e. The monoisotopic (exact) mass is 861 g/mol. The molecule has 0 saturated carbocycles. The second-order valence-electron chi connectivity index (χ2n) is 15.7. The highest BCUT2D eigenvalue weighted by Crippen LogP contribution is 2.22. The molecule has 1 fully saturated rings. The van der Waals surface area contributed by atoms with Gasteiger partial charge in [0.15, 0.2) is 5.79 Å². The van der Waals surface area contributed by atoms with Gasteiger partial charge >= 0.3 is 0 Å². The fourth-order valence-corrected chi connectivity index (χ4v) is 6.30. The second-order valence-corrected chi connectivity index (χ2v) is 15.7. The van der Waals surface area contributed by atoms with Crippen LogP contribution in [0.2, 0.25) is 0 Å². The Bertz CT molecular complexity index is 1690. The van der Waals surface area contributed by atoms with E-state index in [2.05, 4.69) is 0 Å². The van der Waals surface area contributed by atoms with E-state index in [0.717, 1.165) is 22.3 Å². The highest BCUT2D eigenvalue weighted by Gasteiger charge is 2.33. The van der Waals surface area contributed by atoms with Crippen LogP contribution in [0.4, 0.5) is 0 Å². The predicted octanol–water partition coefficient (Wildman–Crippen LogP) is 5.88. The zero-order valence-electron chi connectivity index (χ0n) is 36.3. The molecule has 3 N–H and O–H groups in total. The van der Waals surface area contributed by atoms with Crippen molar-refractivity contribution in [3.8, 4) is 0 Å². The maximum atomic E-state index is 9.92. The van der Waals surface area contributed by atoms with Gasteiger partial charge in [-0.15, -0.1) is 0 Å². The van der Waals surface area contributed by atoms with E-state index < -0.39 is 30.2 Å². The van der Waals surface area contributed by atoms with E-state index in [-0.39, 0.29) is 71.6 Å². The Morgan fingerprint density at radius 3 is 1.10 bits per heavy atom. The third-order valence-corrected chi connectivity index (χ3v) is 9.70. The molecule has 13 heteroatoms. The molecule has 4 aromatic rings. The van der Waals surface area contributed by atoms with Crippen LogP contribution in [0.5, 0.6) is 0 Å². The molecule has 0 amide bonds. The van der Waals surface area contributed by atoms with E-state index >= 15 is 0 Å². The molecule has 1 saturated heterocycles. The number of ether oxygens (including phenoxy) is 11. The smallest absolute Gasteiger partial charge is 0.163 e. The third kappa shape index (κ3) is 20.7. The molecular formula is C49H67NO12. The molecule has 340 valence electrons. The molecule has 4 aromatic carbocycles. The summed E-state index contributed by atoms with van der Waals surface area (Å²) in [6, 6.07) is 39.9. The Kier molecular flexibility index (Phi) is 23.0. The lowest BCUT2D eigenvalue weighted by atomic mass is 10.2. The number of hydrogen-bond acceptors (Lipinski definition) is 13. The van der Waals surface area contributed by atoms with E-state index in [1.165, 1.54) is 0 Å². The number of aliphatic hydroxyl groups is 1. The number of nitrogens with two attached hydrogens (primary N) is 1. The van der Waals surface area contributed by atoms with Crippen LogP contribution in [-0.2, 0) is 78.5 Å². The van der Waals surface area contributed by atoms with Crippen molar-refractivity contribution < 1.29 is 57.2 Å². The summed E-state index contributed by atoms with van der Waals surface area (Å²) in [6.45, 7) is 8.51. The first-order valence-corrected chi connectivity index (χ1v) is 21.5. The standard InChI is InChI=1S/C49H67NO12/c1-49(2)61-38-48(62-49)37-56-36-47(60-27-42-21-13-6-14-22-42)35-55-34-46(59-26-41-19-11-5-12-20-41)33-54-32-45(58-25-40-17-9-4-10-18-40)31-53-30-44(29-52-28-43(51)23-50)57-24-39-15-7-3-8-16-39/h3-22,43-48,51H,23-38,50H2,1-2H3. The number of hydrogen-bond donors (Lipinski definition) is 2. The average Bonchev–Trinajstić information content (AvgIpc) is 3.66. The van der Waals surface area contributed by atoms with Crippen molar-refractivity contribution in [2.75, 3.05) is 79.2 Å². The molecule has 0 bridgehead atoms. The van der Waals surface area contributed by atoms with Gasteiger partial charge in [-0.05, 0) is 36.1 Å². The average molecular weight is 862 g/mol. The van der Waals surface area contributed by atoms with Gasteiger partial charge in [0.05, 0.1) is 105 Å². The van der Waals surface area contributed by atoms with Gasteiger partial charge in [0.2, 0.25) is 0 Å². The SMILES string of the molecule is CC1(C)OCC(COCC(COCC(COCC(COCC(COCC(O)CN)OCc2ccccc2)OCc2ccccc2)OCc2ccccc2)OCc2ccccc2)O1. The van der Waals surface area contributed by atoms with Crippen LogP contribution in [-0.4, -0.2) is 127 Å². The number of benzene rings is 4. The van der Waals surface area contributed by atoms with Gasteiger partial charge < -0.3 is 62.9 Å². The largest absolute Gasteiger partial charge is 0.389 e. The zero-order valence-corrected chi connectivity index (χ0v) is 36.3. The fourth-order valence-electron chi connectivity index (χ4n) is 6.30. The lowest BCUT2D eigenvalue weighted by Gasteiger charge is -2.24. The zero-order chi connectivity index (χ0) is 43.5. The van der Waals surface area contributed by atoms with Crippen LogP contribution in [0.15, 0.2) is 121 Å². The Hall–Kier alpha value is -3.64. The van der Waals surface area contributed by atoms with Crippen LogP contribution < -0.4 is 5.73 Å². The van der Waals surface area contributed by atoms with Gasteiger partial charge in [-0.25, -0.2) is 0 Å². The summed E-state index contributed by atoms with van der Waals surface area (Å²) in [4.78, 5) is 0. The van der Waals surface area contributed by atoms with Gasteiger partial charge in [-0.2, -0.15) is 0 Å². The van der Waals surface area contributed by atoms with Crippen LogP contribution in [0.1, 0.15) is 36.1 Å². The minimum Gasteiger partial charge on any atom is -0.389 e. The number of aliphatic hydroxyl groups excluding tert-OH is 1. The van der Waals surface area contributed by atoms with E-state index in [4.69, 9.17) is 57.8 Å². The minimum atomic E-state index is -0.751. The Balaban J connectivity index is 1.16. The molecule has 6 atom stereocenters. The molecule has 5 rings (SSSR count). The summed E-state index contributed by atoms with van der Waals surface area (Å²) in [5.41, 5.74) is 9.74. The molecule has 6 unspecified atom stereocenters.